The lowest BCUT2D eigenvalue weighted by molar-refractivity contribution is -0.129. The van der Waals surface area contributed by atoms with Crippen molar-refractivity contribution < 1.29 is 14.3 Å². The second kappa shape index (κ2) is 8.87. The van der Waals surface area contributed by atoms with Crippen LogP contribution in [0.25, 0.3) is 0 Å². The molecule has 132 valence electrons. The number of rotatable bonds is 7. The number of amides is 2. The van der Waals surface area contributed by atoms with Gasteiger partial charge in [-0.1, -0.05) is 36.4 Å². The zero-order valence-corrected chi connectivity index (χ0v) is 14.9. The van der Waals surface area contributed by atoms with E-state index in [4.69, 9.17) is 4.74 Å². The Morgan fingerprint density at radius 2 is 1.76 bits per heavy atom. The molecule has 0 heterocycles. The minimum absolute atomic E-state index is 0.0187. The van der Waals surface area contributed by atoms with Gasteiger partial charge in [0.2, 0.25) is 5.91 Å². The van der Waals surface area contributed by atoms with Crippen molar-refractivity contribution in [1.82, 2.24) is 10.2 Å². The second-order valence-electron chi connectivity index (χ2n) is 5.82. The van der Waals surface area contributed by atoms with Crippen molar-refractivity contribution in [3.63, 3.8) is 0 Å². The molecule has 5 heteroatoms. The van der Waals surface area contributed by atoms with Gasteiger partial charge in [0.25, 0.3) is 5.91 Å². The number of hydrogen-bond donors (Lipinski definition) is 1. The summed E-state index contributed by atoms with van der Waals surface area (Å²) in [5.74, 6) is 0.301. The lowest BCUT2D eigenvalue weighted by atomic mass is 10.1. The van der Waals surface area contributed by atoms with E-state index < -0.39 is 0 Å². The summed E-state index contributed by atoms with van der Waals surface area (Å²) >= 11 is 0. The number of nitrogens with zero attached hydrogens (tertiary/aromatic N) is 1. The Morgan fingerprint density at radius 1 is 1.08 bits per heavy atom. The topological polar surface area (TPSA) is 58.6 Å². The van der Waals surface area contributed by atoms with Crippen LogP contribution in [0, 0.1) is 6.92 Å². The minimum Gasteiger partial charge on any atom is -0.496 e. The van der Waals surface area contributed by atoms with E-state index in [-0.39, 0.29) is 11.8 Å². The number of para-hydroxylation sites is 1. The predicted octanol–water partition coefficient (Wildman–Crippen LogP) is 2.78. The number of carbonyl (C=O) groups excluding carboxylic acids is 2. The highest BCUT2D eigenvalue weighted by Gasteiger charge is 2.13. The fourth-order valence-corrected chi connectivity index (χ4v) is 2.57. The van der Waals surface area contributed by atoms with Crippen LogP contribution in [0.15, 0.2) is 48.5 Å². The summed E-state index contributed by atoms with van der Waals surface area (Å²) in [6.07, 6.45) is 0. The summed E-state index contributed by atoms with van der Waals surface area (Å²) in [4.78, 5) is 25.9. The molecular formula is C20H24N2O3. The van der Waals surface area contributed by atoms with Crippen molar-refractivity contribution >= 4 is 11.8 Å². The molecule has 2 aromatic carbocycles. The fraction of sp³-hybridized carbons (Fsp3) is 0.300. The standard InChI is InChI=1S/C20H24N2O3/c1-15-8-4-5-9-17(15)14-22(16(2)23)13-12-21-20(24)18-10-6-7-11-19(18)25-3/h4-11H,12-14H2,1-3H3,(H,21,24). The van der Waals surface area contributed by atoms with Gasteiger partial charge in [-0.25, -0.2) is 0 Å². The smallest absolute Gasteiger partial charge is 0.255 e. The van der Waals surface area contributed by atoms with E-state index in [2.05, 4.69) is 5.32 Å². The number of carbonyl (C=O) groups is 2. The monoisotopic (exact) mass is 340 g/mol. The number of ether oxygens (including phenoxy) is 1. The molecule has 0 aromatic heterocycles. The third-order valence-electron chi connectivity index (χ3n) is 4.09. The van der Waals surface area contributed by atoms with Crippen molar-refractivity contribution in [2.45, 2.75) is 20.4 Å². The molecule has 0 aliphatic rings. The molecule has 5 nitrogen and oxygen atoms in total. The maximum Gasteiger partial charge on any atom is 0.255 e. The minimum atomic E-state index is -0.211. The second-order valence-corrected chi connectivity index (χ2v) is 5.82. The third kappa shape index (κ3) is 5.08. The van der Waals surface area contributed by atoms with Crippen molar-refractivity contribution in [2.24, 2.45) is 0 Å². The summed E-state index contributed by atoms with van der Waals surface area (Å²) in [7, 11) is 1.53. The van der Waals surface area contributed by atoms with E-state index in [0.717, 1.165) is 11.1 Å². The highest BCUT2D eigenvalue weighted by molar-refractivity contribution is 5.96. The Hall–Kier alpha value is -2.82. The van der Waals surface area contributed by atoms with Gasteiger partial charge in [0, 0.05) is 26.6 Å². The van der Waals surface area contributed by atoms with E-state index in [0.29, 0.717) is 30.9 Å². The summed E-state index contributed by atoms with van der Waals surface area (Å²) in [6.45, 7) is 4.93. The number of aryl methyl sites for hydroxylation is 1. The Bertz CT molecular complexity index is 743. The number of methoxy groups -OCH3 is 1. The van der Waals surface area contributed by atoms with Crippen molar-refractivity contribution in [3.05, 3.63) is 65.2 Å². The van der Waals surface area contributed by atoms with Gasteiger partial charge in [-0.3, -0.25) is 9.59 Å². The van der Waals surface area contributed by atoms with Gasteiger partial charge < -0.3 is 15.0 Å². The molecule has 0 fully saturated rings. The largest absolute Gasteiger partial charge is 0.496 e. The normalized spacial score (nSPS) is 10.2. The van der Waals surface area contributed by atoms with Crippen LogP contribution in [0.2, 0.25) is 0 Å². The van der Waals surface area contributed by atoms with Gasteiger partial charge in [-0.15, -0.1) is 0 Å². The van der Waals surface area contributed by atoms with Crippen LogP contribution in [-0.2, 0) is 11.3 Å². The highest BCUT2D eigenvalue weighted by atomic mass is 16.5. The van der Waals surface area contributed by atoms with E-state index >= 15 is 0 Å². The highest BCUT2D eigenvalue weighted by Crippen LogP contribution is 2.16. The molecule has 2 aromatic rings. The molecule has 2 amide bonds. The molecule has 0 radical (unpaired) electrons. The first-order valence-electron chi connectivity index (χ1n) is 8.24. The lowest BCUT2D eigenvalue weighted by Gasteiger charge is -2.22. The molecule has 2 rings (SSSR count). The molecule has 0 aliphatic heterocycles. The fourth-order valence-electron chi connectivity index (χ4n) is 2.57. The Morgan fingerprint density at radius 3 is 2.44 bits per heavy atom. The molecule has 0 saturated heterocycles. The van der Waals surface area contributed by atoms with Crippen LogP contribution in [-0.4, -0.2) is 36.9 Å². The van der Waals surface area contributed by atoms with Crippen molar-refractivity contribution in [3.8, 4) is 5.75 Å². The van der Waals surface area contributed by atoms with Gasteiger partial charge in [-0.2, -0.15) is 0 Å². The summed E-state index contributed by atoms with van der Waals surface area (Å²) in [6, 6.07) is 15.0. The molecule has 0 unspecified atom stereocenters. The van der Waals surface area contributed by atoms with Crippen LogP contribution in [0.1, 0.15) is 28.4 Å². The average molecular weight is 340 g/mol. The van der Waals surface area contributed by atoms with Crippen molar-refractivity contribution in [2.75, 3.05) is 20.2 Å². The van der Waals surface area contributed by atoms with Gasteiger partial charge >= 0.3 is 0 Å². The zero-order chi connectivity index (χ0) is 18.2. The van der Waals surface area contributed by atoms with Gasteiger partial charge in [0.05, 0.1) is 12.7 Å². The molecule has 0 spiro atoms. The lowest BCUT2D eigenvalue weighted by Crippen LogP contribution is -2.37. The number of benzene rings is 2. The first kappa shape index (κ1) is 18.5. The van der Waals surface area contributed by atoms with E-state index in [1.165, 1.54) is 7.11 Å². The van der Waals surface area contributed by atoms with Crippen LogP contribution in [0.3, 0.4) is 0 Å². The molecule has 0 bridgehead atoms. The SMILES string of the molecule is COc1ccccc1C(=O)NCCN(Cc1ccccc1C)C(C)=O. The molecule has 25 heavy (non-hydrogen) atoms. The third-order valence-corrected chi connectivity index (χ3v) is 4.09. The first-order chi connectivity index (χ1) is 12.0. The van der Waals surface area contributed by atoms with Gasteiger partial charge in [0.1, 0.15) is 5.75 Å². The maximum absolute atomic E-state index is 12.3. The molecule has 0 saturated carbocycles. The van der Waals surface area contributed by atoms with E-state index in [1.54, 1.807) is 30.0 Å². The predicted molar refractivity (Wildman–Crippen MR) is 97.6 cm³/mol. The van der Waals surface area contributed by atoms with Gasteiger partial charge in [-0.05, 0) is 30.2 Å². The van der Waals surface area contributed by atoms with Crippen LogP contribution < -0.4 is 10.1 Å². The molecular weight excluding hydrogens is 316 g/mol. The molecule has 0 atom stereocenters. The summed E-state index contributed by atoms with van der Waals surface area (Å²) < 4.78 is 5.20. The summed E-state index contributed by atoms with van der Waals surface area (Å²) in [5, 5.41) is 2.85. The van der Waals surface area contributed by atoms with Crippen molar-refractivity contribution in [1.29, 1.82) is 0 Å². The number of hydrogen-bond acceptors (Lipinski definition) is 3. The first-order valence-corrected chi connectivity index (χ1v) is 8.24. The quantitative estimate of drug-likeness (QED) is 0.843. The zero-order valence-electron chi connectivity index (χ0n) is 14.9. The average Bonchev–Trinajstić information content (AvgIpc) is 2.62. The Labute approximate surface area is 148 Å². The van der Waals surface area contributed by atoms with Crippen LogP contribution in [0.5, 0.6) is 5.75 Å². The Balaban J connectivity index is 1.94. The molecule has 0 aliphatic carbocycles. The van der Waals surface area contributed by atoms with Gasteiger partial charge in [0.15, 0.2) is 0 Å². The molecule has 1 N–H and O–H groups in total. The van der Waals surface area contributed by atoms with E-state index in [9.17, 15) is 9.59 Å². The van der Waals surface area contributed by atoms with Crippen LogP contribution >= 0.6 is 0 Å². The maximum atomic E-state index is 12.3. The van der Waals surface area contributed by atoms with Crippen LogP contribution in [0.4, 0.5) is 0 Å². The summed E-state index contributed by atoms with van der Waals surface area (Å²) in [5.41, 5.74) is 2.74. The Kier molecular flexibility index (Phi) is 6.57. The van der Waals surface area contributed by atoms with E-state index in [1.807, 2.05) is 37.3 Å². The number of nitrogens with one attached hydrogen (secondary N) is 1.